The molecule has 0 saturated heterocycles. The van der Waals surface area contributed by atoms with Gasteiger partial charge >= 0.3 is 0 Å². The van der Waals surface area contributed by atoms with Crippen LogP contribution in [0.5, 0.6) is 5.75 Å². The van der Waals surface area contributed by atoms with Crippen LogP contribution >= 0.6 is 8.81 Å². The summed E-state index contributed by atoms with van der Waals surface area (Å²) in [5, 5.41) is 1.16. The summed E-state index contributed by atoms with van der Waals surface area (Å²) in [6.07, 6.45) is 0. The van der Waals surface area contributed by atoms with E-state index in [1.54, 1.807) is 0 Å². The van der Waals surface area contributed by atoms with Crippen molar-refractivity contribution in [3.05, 3.63) is 24.3 Å². The molecule has 0 fully saturated rings. The number of benzene rings is 1. The average molecular weight is 172 g/mol. The first-order valence-corrected chi connectivity index (χ1v) is 4.06. The summed E-state index contributed by atoms with van der Waals surface area (Å²) in [5.74, 6) is 0.862. The molecular weight excluding hydrogens is 167 g/mol. The van der Waals surface area contributed by atoms with Gasteiger partial charge in [0.05, 0.1) is 0 Å². The van der Waals surface area contributed by atoms with E-state index in [9.17, 15) is 0 Å². The fourth-order valence-corrected chi connectivity index (χ4v) is 1.86. The number of hydrogen-bond donors (Lipinski definition) is 0. The van der Waals surface area contributed by atoms with Crippen LogP contribution in [0, 0.1) is 0 Å². The molecule has 0 bridgehead atoms. The Balaban J connectivity index is 2.42. The quantitative estimate of drug-likeness (QED) is 0.252. The molecule has 10 heavy (non-hydrogen) atoms. The Kier molecular flexibility index (Phi) is 1.57. The van der Waals surface area contributed by atoms with Crippen LogP contribution in [0.2, 0.25) is 0 Å². The molecule has 1 unspecified atom stereocenters. The Labute approximate surface area is 66.3 Å². The van der Waals surface area contributed by atoms with Gasteiger partial charge in [0, 0.05) is 0 Å². The molecule has 0 aliphatic carbocycles. The summed E-state index contributed by atoms with van der Waals surface area (Å²) in [6.45, 7) is 0. The lowest BCUT2D eigenvalue weighted by Gasteiger charge is -2.07. The van der Waals surface area contributed by atoms with Gasteiger partial charge in [0.25, 0.3) is 8.81 Å². The maximum atomic E-state index is 5.08. The van der Waals surface area contributed by atoms with Crippen LogP contribution in [0.15, 0.2) is 24.3 Å². The van der Waals surface area contributed by atoms with Crippen molar-refractivity contribution in [1.82, 2.24) is 0 Å². The second kappa shape index (κ2) is 2.42. The standard InChI is InChI=1S/C6H5O2PS/c10-8-7-5-3-1-2-4-6(5)9-8/h1-4,9H. The lowest BCUT2D eigenvalue weighted by atomic mass is 10.3. The van der Waals surface area contributed by atoms with Gasteiger partial charge in [-0.15, -0.1) is 0 Å². The molecule has 52 valence electrons. The predicted molar refractivity (Wildman–Crippen MR) is 43.5 cm³/mol. The molecule has 2 nitrogen and oxygen atoms in total. The minimum absolute atomic E-state index is 0.396. The minimum atomic E-state index is 0.396. The lowest BCUT2D eigenvalue weighted by Crippen LogP contribution is -1.93. The topological polar surface area (TPSA) is 11.9 Å². The first-order chi connectivity index (χ1) is 4.86. The highest BCUT2D eigenvalue weighted by molar-refractivity contribution is 7.63. The van der Waals surface area contributed by atoms with Gasteiger partial charge in [0.15, 0.2) is 0 Å². The summed E-state index contributed by atoms with van der Waals surface area (Å²) in [6, 6.07) is 7.82. The van der Waals surface area contributed by atoms with Crippen molar-refractivity contribution in [3.63, 3.8) is 0 Å². The predicted octanol–water partition coefficient (Wildman–Crippen LogP) is 1.23. The van der Waals surface area contributed by atoms with Gasteiger partial charge in [-0.3, -0.25) is 16.7 Å². The van der Waals surface area contributed by atoms with Crippen LogP contribution in [0.3, 0.4) is 0 Å². The fourth-order valence-electron chi connectivity index (χ4n) is 0.816. The fraction of sp³-hybridized carbons (Fsp3) is 0. The van der Waals surface area contributed by atoms with Crippen LogP contribution in [0.25, 0.3) is 0 Å². The Morgan fingerprint density at radius 1 is 1.40 bits per heavy atom. The van der Waals surface area contributed by atoms with Crippen molar-refractivity contribution in [1.29, 1.82) is 0 Å². The van der Waals surface area contributed by atoms with Crippen LogP contribution in [-0.4, -0.2) is 0 Å². The minimum Gasteiger partial charge on any atom is -0.296 e. The van der Waals surface area contributed by atoms with Crippen LogP contribution in [-0.2, 0) is 16.7 Å². The third-order valence-electron chi connectivity index (χ3n) is 1.25. The number of para-hydroxylation sites is 1. The van der Waals surface area contributed by atoms with E-state index in [-0.39, 0.29) is 0 Å². The molecule has 1 aromatic carbocycles. The van der Waals surface area contributed by atoms with Crippen LogP contribution in [0.4, 0.5) is 0 Å². The Morgan fingerprint density at radius 2 is 2.20 bits per heavy atom. The lowest BCUT2D eigenvalue weighted by molar-refractivity contribution is -0.138. The van der Waals surface area contributed by atoms with Crippen LogP contribution < -0.4 is 10.2 Å². The van der Waals surface area contributed by atoms with Gasteiger partial charge in [0.1, 0.15) is 5.30 Å². The molecule has 1 heterocycles. The molecule has 0 aromatic heterocycles. The summed E-state index contributed by atoms with van der Waals surface area (Å²) in [7, 11) is 0.396. The summed E-state index contributed by atoms with van der Waals surface area (Å²) < 4.78 is 2.16. The number of rotatable bonds is 0. The van der Waals surface area contributed by atoms with E-state index in [2.05, 4.69) is 3.75 Å². The zero-order valence-electron chi connectivity index (χ0n) is 5.03. The van der Waals surface area contributed by atoms with Crippen molar-refractivity contribution < 1.29 is 8.64 Å². The normalized spacial score (nSPS) is 18.9. The highest BCUT2D eigenvalue weighted by Crippen LogP contribution is 2.34. The maximum Gasteiger partial charge on any atom is 0.259 e. The van der Waals surface area contributed by atoms with E-state index in [0.29, 0.717) is 8.81 Å². The van der Waals surface area contributed by atoms with Crippen molar-refractivity contribution in [2.45, 2.75) is 0 Å². The summed E-state index contributed by atoms with van der Waals surface area (Å²) in [4.78, 5) is 5.08. The Bertz CT molecular complexity index is 228. The summed E-state index contributed by atoms with van der Waals surface area (Å²) >= 11 is 4.75. The molecule has 0 radical (unpaired) electrons. The molecule has 1 aromatic rings. The van der Waals surface area contributed by atoms with E-state index < -0.39 is 0 Å². The highest BCUT2D eigenvalue weighted by Gasteiger charge is 2.20. The van der Waals surface area contributed by atoms with Crippen molar-refractivity contribution in [3.8, 4) is 5.75 Å². The molecule has 1 aliphatic heterocycles. The van der Waals surface area contributed by atoms with E-state index in [4.69, 9.17) is 17.8 Å². The first kappa shape index (κ1) is 6.47. The van der Waals surface area contributed by atoms with Gasteiger partial charge in [-0.2, -0.15) is 0 Å². The molecule has 0 amide bonds. The van der Waals surface area contributed by atoms with Gasteiger partial charge < -0.3 is 0 Å². The molecule has 0 spiro atoms. The zero-order valence-corrected chi connectivity index (χ0v) is 6.85. The molecule has 1 atom stereocenters. The Hall–Kier alpha value is -0.240. The SMILES string of the molecule is [S-][O+]1Oc2ccccc2P1. The van der Waals surface area contributed by atoms with E-state index >= 15 is 0 Å². The van der Waals surface area contributed by atoms with Gasteiger partial charge in [-0.05, 0) is 12.1 Å². The van der Waals surface area contributed by atoms with Gasteiger partial charge in [-0.1, -0.05) is 12.1 Å². The molecule has 0 N–H and O–H groups in total. The smallest absolute Gasteiger partial charge is 0.259 e. The second-order valence-electron chi connectivity index (χ2n) is 1.92. The molecule has 2 rings (SSSR count). The zero-order chi connectivity index (χ0) is 6.97. The average Bonchev–Trinajstić information content (AvgIpc) is 2.27. The second-order valence-corrected chi connectivity index (χ2v) is 3.63. The van der Waals surface area contributed by atoms with Crippen LogP contribution in [0.1, 0.15) is 0 Å². The van der Waals surface area contributed by atoms with Gasteiger partial charge in [0.2, 0.25) is 5.75 Å². The highest BCUT2D eigenvalue weighted by atomic mass is 32.1. The van der Waals surface area contributed by atoms with Crippen molar-refractivity contribution in [2.75, 3.05) is 0 Å². The maximum absolute atomic E-state index is 5.08. The Morgan fingerprint density at radius 3 is 3.00 bits per heavy atom. The molecular formula is C6H5O2PS. The monoisotopic (exact) mass is 172 g/mol. The van der Waals surface area contributed by atoms with Crippen molar-refractivity contribution in [2.24, 2.45) is 0 Å². The molecule has 0 saturated carbocycles. The number of fused-ring (bicyclic) bond motifs is 1. The third-order valence-corrected chi connectivity index (χ3v) is 2.45. The van der Waals surface area contributed by atoms with Gasteiger partial charge in [-0.25, -0.2) is 4.89 Å². The largest absolute Gasteiger partial charge is 0.296 e. The third kappa shape index (κ3) is 1.01. The molecule has 4 heteroatoms. The van der Waals surface area contributed by atoms with E-state index in [0.717, 1.165) is 11.1 Å². The van der Waals surface area contributed by atoms with E-state index in [1.165, 1.54) is 0 Å². The number of hydrogen-bond acceptors (Lipinski definition) is 2. The summed E-state index contributed by atoms with van der Waals surface area (Å²) in [5.41, 5.74) is 0. The van der Waals surface area contributed by atoms with E-state index in [1.807, 2.05) is 24.3 Å². The first-order valence-electron chi connectivity index (χ1n) is 2.82. The van der Waals surface area contributed by atoms with Crippen molar-refractivity contribution >= 4 is 27.0 Å². The molecule has 1 aliphatic rings.